The summed E-state index contributed by atoms with van der Waals surface area (Å²) in [6.07, 6.45) is 6.15. The minimum absolute atomic E-state index is 0.115. The van der Waals surface area contributed by atoms with Crippen LogP contribution in [0.3, 0.4) is 0 Å². The maximum Gasteiger partial charge on any atom is 0.306 e. The third-order valence-corrected chi connectivity index (χ3v) is 4.32. The van der Waals surface area contributed by atoms with Gasteiger partial charge in [-0.05, 0) is 50.2 Å². The van der Waals surface area contributed by atoms with Crippen molar-refractivity contribution in [2.24, 2.45) is 4.99 Å². The van der Waals surface area contributed by atoms with E-state index in [1.807, 2.05) is 6.07 Å². The van der Waals surface area contributed by atoms with Crippen LogP contribution in [0, 0.1) is 5.82 Å². The number of aliphatic imine (C=N–C) groups is 1. The normalized spacial score (nSPS) is 15.2. The summed E-state index contributed by atoms with van der Waals surface area (Å²) < 4.78 is 19.0. The molecule has 1 aromatic rings. The third kappa shape index (κ3) is 7.11. The van der Waals surface area contributed by atoms with E-state index in [4.69, 9.17) is 4.74 Å². The summed E-state index contributed by atoms with van der Waals surface area (Å²) in [5, 5.41) is 6.30. The highest BCUT2D eigenvalue weighted by Crippen LogP contribution is 2.21. The van der Waals surface area contributed by atoms with E-state index in [9.17, 15) is 9.18 Å². The van der Waals surface area contributed by atoms with Gasteiger partial charge < -0.3 is 15.4 Å². The van der Waals surface area contributed by atoms with Gasteiger partial charge in [0.1, 0.15) is 11.9 Å². The standard InChI is InChI=1S/C19H28FN3O2/c1-21-19(23-14-12-15-7-2-5-10-17(15)20)22-13-6-11-18(24)25-16-8-3-4-9-16/h2,5,7,10,16H,3-4,6,8-9,11-14H2,1H3,(H2,21,22,23). The van der Waals surface area contributed by atoms with Crippen molar-refractivity contribution < 1.29 is 13.9 Å². The van der Waals surface area contributed by atoms with Crippen molar-refractivity contribution in [1.82, 2.24) is 10.6 Å². The number of carbonyl (C=O) groups excluding carboxylic acids is 1. The van der Waals surface area contributed by atoms with Crippen LogP contribution in [-0.4, -0.2) is 38.2 Å². The maximum absolute atomic E-state index is 13.5. The van der Waals surface area contributed by atoms with Crippen LogP contribution in [0.25, 0.3) is 0 Å². The Hall–Kier alpha value is -2.11. The minimum atomic E-state index is -0.187. The number of ether oxygens (including phenoxy) is 1. The van der Waals surface area contributed by atoms with Gasteiger partial charge in [-0.15, -0.1) is 0 Å². The first-order chi connectivity index (χ1) is 12.2. The third-order valence-electron chi connectivity index (χ3n) is 4.32. The van der Waals surface area contributed by atoms with Crippen LogP contribution in [-0.2, 0) is 16.0 Å². The average Bonchev–Trinajstić information content (AvgIpc) is 3.11. The van der Waals surface area contributed by atoms with E-state index in [2.05, 4.69) is 15.6 Å². The van der Waals surface area contributed by atoms with Crippen LogP contribution >= 0.6 is 0 Å². The summed E-state index contributed by atoms with van der Waals surface area (Å²) in [7, 11) is 1.69. The van der Waals surface area contributed by atoms with E-state index >= 15 is 0 Å². The van der Waals surface area contributed by atoms with Gasteiger partial charge in [0.2, 0.25) is 0 Å². The van der Waals surface area contributed by atoms with Gasteiger partial charge in [-0.25, -0.2) is 4.39 Å². The molecular formula is C19H28FN3O2. The molecule has 0 radical (unpaired) electrons. The highest BCUT2D eigenvalue weighted by atomic mass is 19.1. The molecule has 2 N–H and O–H groups in total. The zero-order valence-corrected chi connectivity index (χ0v) is 14.9. The summed E-state index contributed by atoms with van der Waals surface area (Å²) in [5.74, 6) is 0.352. The first-order valence-corrected chi connectivity index (χ1v) is 9.06. The molecule has 0 aromatic heterocycles. The lowest BCUT2D eigenvalue weighted by molar-refractivity contribution is -0.148. The first kappa shape index (κ1) is 19.2. The van der Waals surface area contributed by atoms with Gasteiger partial charge in [-0.1, -0.05) is 18.2 Å². The zero-order valence-electron chi connectivity index (χ0n) is 14.9. The average molecular weight is 349 g/mol. The van der Waals surface area contributed by atoms with Gasteiger partial charge in [0, 0.05) is 26.6 Å². The van der Waals surface area contributed by atoms with Crippen LogP contribution in [0.15, 0.2) is 29.3 Å². The van der Waals surface area contributed by atoms with E-state index in [0.717, 1.165) is 25.7 Å². The minimum Gasteiger partial charge on any atom is -0.462 e. The Labute approximate surface area is 149 Å². The molecule has 25 heavy (non-hydrogen) atoms. The van der Waals surface area contributed by atoms with Gasteiger partial charge in [0.25, 0.3) is 0 Å². The van der Waals surface area contributed by atoms with Crippen LogP contribution in [0.4, 0.5) is 4.39 Å². The lowest BCUT2D eigenvalue weighted by Crippen LogP contribution is -2.39. The molecule has 0 amide bonds. The molecule has 2 rings (SSSR count). The van der Waals surface area contributed by atoms with E-state index in [-0.39, 0.29) is 17.9 Å². The lowest BCUT2D eigenvalue weighted by Gasteiger charge is -2.13. The van der Waals surface area contributed by atoms with Gasteiger partial charge >= 0.3 is 5.97 Å². The summed E-state index contributed by atoms with van der Waals surface area (Å²) in [6.45, 7) is 1.23. The molecule has 0 spiro atoms. The van der Waals surface area contributed by atoms with Crippen molar-refractivity contribution in [3.05, 3.63) is 35.6 Å². The maximum atomic E-state index is 13.5. The summed E-state index contributed by atoms with van der Waals surface area (Å²) in [4.78, 5) is 15.9. The number of benzene rings is 1. The number of esters is 1. The van der Waals surface area contributed by atoms with Crippen LogP contribution in [0.1, 0.15) is 44.1 Å². The fourth-order valence-electron chi connectivity index (χ4n) is 2.93. The molecule has 1 aromatic carbocycles. The topological polar surface area (TPSA) is 62.7 Å². The first-order valence-electron chi connectivity index (χ1n) is 9.06. The Kier molecular flexibility index (Phi) is 8.22. The van der Waals surface area contributed by atoms with Crippen molar-refractivity contribution in [3.63, 3.8) is 0 Å². The highest BCUT2D eigenvalue weighted by molar-refractivity contribution is 5.79. The molecule has 0 atom stereocenters. The highest BCUT2D eigenvalue weighted by Gasteiger charge is 2.18. The van der Waals surface area contributed by atoms with Crippen LogP contribution in [0.5, 0.6) is 0 Å². The fraction of sp³-hybridized carbons (Fsp3) is 0.579. The Balaban J connectivity index is 1.57. The molecule has 1 saturated carbocycles. The van der Waals surface area contributed by atoms with Gasteiger partial charge in [-0.2, -0.15) is 0 Å². The predicted octanol–water partition coefficient (Wildman–Crippen LogP) is 2.80. The summed E-state index contributed by atoms with van der Waals surface area (Å²) >= 11 is 0. The monoisotopic (exact) mass is 349 g/mol. The molecule has 6 heteroatoms. The molecule has 0 bridgehead atoms. The predicted molar refractivity (Wildman–Crippen MR) is 97.1 cm³/mol. The zero-order chi connectivity index (χ0) is 17.9. The lowest BCUT2D eigenvalue weighted by atomic mass is 10.1. The van der Waals surface area contributed by atoms with Crippen LogP contribution in [0.2, 0.25) is 0 Å². The number of guanidine groups is 1. The molecule has 1 aliphatic carbocycles. The Morgan fingerprint density at radius 2 is 1.96 bits per heavy atom. The molecule has 1 aliphatic rings. The van der Waals surface area contributed by atoms with Crippen molar-refractivity contribution in [3.8, 4) is 0 Å². The largest absolute Gasteiger partial charge is 0.462 e. The number of rotatable bonds is 8. The number of nitrogens with zero attached hydrogens (tertiary/aromatic N) is 1. The second-order valence-corrected chi connectivity index (χ2v) is 6.27. The molecular weight excluding hydrogens is 321 g/mol. The molecule has 5 nitrogen and oxygen atoms in total. The Morgan fingerprint density at radius 3 is 2.68 bits per heavy atom. The second kappa shape index (κ2) is 10.7. The molecule has 0 unspecified atom stereocenters. The van der Waals surface area contributed by atoms with Crippen LogP contribution < -0.4 is 10.6 Å². The second-order valence-electron chi connectivity index (χ2n) is 6.27. The Bertz CT molecular complexity index is 572. The number of carbonyl (C=O) groups is 1. The van der Waals surface area contributed by atoms with E-state index < -0.39 is 0 Å². The summed E-state index contributed by atoms with van der Waals surface area (Å²) in [6, 6.07) is 6.76. The number of hydrogen-bond acceptors (Lipinski definition) is 3. The SMILES string of the molecule is CN=C(NCCCC(=O)OC1CCCC1)NCCc1ccccc1F. The van der Waals surface area contributed by atoms with Crippen molar-refractivity contribution in [2.45, 2.75) is 51.0 Å². The van der Waals surface area contributed by atoms with Crippen molar-refractivity contribution in [1.29, 1.82) is 0 Å². The molecule has 0 saturated heterocycles. The fourth-order valence-corrected chi connectivity index (χ4v) is 2.93. The van der Waals surface area contributed by atoms with Crippen molar-refractivity contribution >= 4 is 11.9 Å². The Morgan fingerprint density at radius 1 is 1.24 bits per heavy atom. The van der Waals surface area contributed by atoms with Gasteiger partial charge in [0.15, 0.2) is 5.96 Å². The molecule has 0 aliphatic heterocycles. The van der Waals surface area contributed by atoms with E-state index in [1.54, 1.807) is 19.2 Å². The van der Waals surface area contributed by atoms with Crippen molar-refractivity contribution in [2.75, 3.05) is 20.1 Å². The quantitative estimate of drug-likeness (QED) is 0.328. The van der Waals surface area contributed by atoms with E-state index in [1.165, 1.54) is 6.07 Å². The smallest absolute Gasteiger partial charge is 0.306 e. The molecule has 138 valence electrons. The molecule has 1 fully saturated rings. The van der Waals surface area contributed by atoms with Gasteiger partial charge in [-0.3, -0.25) is 9.79 Å². The van der Waals surface area contributed by atoms with Gasteiger partial charge in [0.05, 0.1) is 0 Å². The number of nitrogens with one attached hydrogen (secondary N) is 2. The molecule has 0 heterocycles. The van der Waals surface area contributed by atoms with E-state index in [0.29, 0.717) is 43.9 Å². The number of hydrogen-bond donors (Lipinski definition) is 2. The number of halogens is 1. The summed E-state index contributed by atoms with van der Waals surface area (Å²) in [5.41, 5.74) is 0.681.